The number of benzene rings is 1. The lowest BCUT2D eigenvalue weighted by Crippen LogP contribution is -2.47. The third-order valence-corrected chi connectivity index (χ3v) is 4.52. The SMILES string of the molecule is O=C(Nc1cccc(O)c1)C1CC=CCC1C(=O)N1CCOCC1. The van der Waals surface area contributed by atoms with Gasteiger partial charge in [-0.3, -0.25) is 9.59 Å². The molecular formula is C18H22N2O4. The number of anilines is 1. The molecule has 2 N–H and O–H groups in total. The summed E-state index contributed by atoms with van der Waals surface area (Å²) < 4.78 is 5.29. The van der Waals surface area contributed by atoms with E-state index in [1.165, 1.54) is 6.07 Å². The normalized spacial score (nSPS) is 23.8. The second-order valence-electron chi connectivity index (χ2n) is 6.13. The lowest BCUT2D eigenvalue weighted by molar-refractivity contribution is -0.144. The summed E-state index contributed by atoms with van der Waals surface area (Å²) in [6.07, 6.45) is 5.05. The summed E-state index contributed by atoms with van der Waals surface area (Å²) in [4.78, 5) is 27.2. The summed E-state index contributed by atoms with van der Waals surface area (Å²) in [7, 11) is 0. The molecule has 2 aliphatic rings. The Morgan fingerprint density at radius 2 is 1.83 bits per heavy atom. The standard InChI is InChI=1S/C18H22N2O4/c21-14-5-3-4-13(12-14)19-17(22)15-6-1-2-7-16(15)18(23)20-8-10-24-11-9-20/h1-5,12,15-16,21H,6-11H2,(H,19,22). The second-order valence-corrected chi connectivity index (χ2v) is 6.13. The van der Waals surface area contributed by atoms with Gasteiger partial charge in [0.25, 0.3) is 0 Å². The summed E-state index contributed by atoms with van der Waals surface area (Å²) in [5.74, 6) is -0.800. The summed E-state index contributed by atoms with van der Waals surface area (Å²) >= 11 is 0. The first kappa shape index (κ1) is 16.5. The van der Waals surface area contributed by atoms with E-state index in [1.807, 2.05) is 12.2 Å². The zero-order valence-electron chi connectivity index (χ0n) is 13.5. The van der Waals surface area contributed by atoms with Crippen LogP contribution in [0.1, 0.15) is 12.8 Å². The van der Waals surface area contributed by atoms with Gasteiger partial charge in [-0.2, -0.15) is 0 Å². The van der Waals surface area contributed by atoms with E-state index >= 15 is 0 Å². The van der Waals surface area contributed by atoms with E-state index in [0.717, 1.165) is 0 Å². The van der Waals surface area contributed by atoms with Gasteiger partial charge >= 0.3 is 0 Å². The molecule has 6 nitrogen and oxygen atoms in total. The molecule has 1 aromatic carbocycles. The molecule has 2 atom stereocenters. The van der Waals surface area contributed by atoms with Crippen LogP contribution in [-0.4, -0.2) is 48.1 Å². The number of amides is 2. The minimum atomic E-state index is -0.396. The topological polar surface area (TPSA) is 78.9 Å². The van der Waals surface area contributed by atoms with Crippen LogP contribution in [0.25, 0.3) is 0 Å². The molecule has 1 heterocycles. The Labute approximate surface area is 141 Å². The van der Waals surface area contributed by atoms with Gasteiger partial charge in [0.1, 0.15) is 5.75 Å². The maximum atomic E-state index is 12.8. The fraction of sp³-hybridized carbons (Fsp3) is 0.444. The zero-order valence-corrected chi connectivity index (χ0v) is 13.5. The Bertz CT molecular complexity index is 638. The molecule has 0 spiro atoms. The molecule has 24 heavy (non-hydrogen) atoms. The second kappa shape index (κ2) is 7.49. The number of aromatic hydroxyl groups is 1. The number of morpholine rings is 1. The molecule has 1 saturated heterocycles. The number of hydrogen-bond acceptors (Lipinski definition) is 4. The van der Waals surface area contributed by atoms with Crippen molar-refractivity contribution in [1.29, 1.82) is 0 Å². The number of rotatable bonds is 3. The average molecular weight is 330 g/mol. The van der Waals surface area contributed by atoms with Crippen LogP contribution < -0.4 is 5.32 Å². The largest absolute Gasteiger partial charge is 0.508 e. The quantitative estimate of drug-likeness (QED) is 0.828. The van der Waals surface area contributed by atoms with Gasteiger partial charge in [-0.15, -0.1) is 0 Å². The Hall–Kier alpha value is -2.34. The van der Waals surface area contributed by atoms with Crippen molar-refractivity contribution < 1.29 is 19.4 Å². The number of carbonyl (C=O) groups is 2. The van der Waals surface area contributed by atoms with Gasteiger partial charge in [0.05, 0.1) is 25.0 Å². The van der Waals surface area contributed by atoms with Crippen LogP contribution in [0.15, 0.2) is 36.4 Å². The summed E-state index contributed by atoms with van der Waals surface area (Å²) in [6, 6.07) is 6.43. The first-order valence-electron chi connectivity index (χ1n) is 8.26. The molecule has 1 aromatic rings. The van der Waals surface area contributed by atoms with Gasteiger partial charge in [0.2, 0.25) is 11.8 Å². The van der Waals surface area contributed by atoms with Crippen molar-refractivity contribution in [2.75, 3.05) is 31.6 Å². The van der Waals surface area contributed by atoms with Crippen LogP contribution in [0.5, 0.6) is 5.75 Å². The molecule has 0 saturated carbocycles. The van der Waals surface area contributed by atoms with E-state index < -0.39 is 5.92 Å². The van der Waals surface area contributed by atoms with E-state index in [9.17, 15) is 14.7 Å². The summed E-state index contributed by atoms with van der Waals surface area (Å²) in [6.45, 7) is 2.27. The van der Waals surface area contributed by atoms with E-state index in [2.05, 4.69) is 5.32 Å². The molecule has 1 aliphatic heterocycles. The Morgan fingerprint density at radius 3 is 2.54 bits per heavy atom. The fourth-order valence-electron chi connectivity index (χ4n) is 3.21. The third kappa shape index (κ3) is 3.76. The maximum Gasteiger partial charge on any atom is 0.228 e. The molecular weight excluding hydrogens is 308 g/mol. The number of phenolic OH excluding ortho intramolecular Hbond substituents is 1. The van der Waals surface area contributed by atoms with Crippen LogP contribution in [0.2, 0.25) is 0 Å². The minimum Gasteiger partial charge on any atom is -0.508 e. The van der Waals surface area contributed by atoms with E-state index in [0.29, 0.717) is 44.8 Å². The van der Waals surface area contributed by atoms with Crippen molar-refractivity contribution in [2.45, 2.75) is 12.8 Å². The molecule has 0 bridgehead atoms. The molecule has 2 amide bonds. The highest BCUT2D eigenvalue weighted by atomic mass is 16.5. The lowest BCUT2D eigenvalue weighted by atomic mass is 9.81. The smallest absolute Gasteiger partial charge is 0.228 e. The molecule has 128 valence electrons. The number of nitrogens with one attached hydrogen (secondary N) is 1. The zero-order chi connectivity index (χ0) is 16.9. The van der Waals surface area contributed by atoms with Crippen LogP contribution in [0.3, 0.4) is 0 Å². The van der Waals surface area contributed by atoms with Gasteiger partial charge in [-0.1, -0.05) is 18.2 Å². The van der Waals surface area contributed by atoms with Crippen molar-refractivity contribution >= 4 is 17.5 Å². The lowest BCUT2D eigenvalue weighted by Gasteiger charge is -2.34. The Morgan fingerprint density at radius 1 is 1.12 bits per heavy atom. The highest BCUT2D eigenvalue weighted by Gasteiger charge is 2.36. The van der Waals surface area contributed by atoms with Crippen LogP contribution in [0, 0.1) is 11.8 Å². The summed E-state index contributed by atoms with van der Waals surface area (Å²) in [5, 5.41) is 12.3. The Balaban J connectivity index is 1.70. The average Bonchev–Trinajstić information content (AvgIpc) is 2.62. The first-order valence-corrected chi connectivity index (χ1v) is 8.26. The van der Waals surface area contributed by atoms with Crippen LogP contribution in [-0.2, 0) is 14.3 Å². The van der Waals surface area contributed by atoms with Crippen molar-refractivity contribution in [3.8, 4) is 5.75 Å². The molecule has 1 fully saturated rings. The van der Waals surface area contributed by atoms with Gasteiger partial charge in [0.15, 0.2) is 0 Å². The molecule has 0 aromatic heterocycles. The van der Waals surface area contributed by atoms with Gasteiger partial charge in [0, 0.05) is 24.8 Å². The first-order chi connectivity index (χ1) is 11.6. The maximum absolute atomic E-state index is 12.8. The van der Waals surface area contributed by atoms with Gasteiger partial charge in [-0.25, -0.2) is 0 Å². The number of allylic oxidation sites excluding steroid dienone is 2. The monoisotopic (exact) mass is 330 g/mol. The highest BCUT2D eigenvalue weighted by molar-refractivity contribution is 5.96. The van der Waals surface area contributed by atoms with E-state index in [4.69, 9.17) is 4.74 Å². The van der Waals surface area contributed by atoms with Crippen LogP contribution in [0.4, 0.5) is 5.69 Å². The molecule has 6 heteroatoms. The number of hydrogen-bond donors (Lipinski definition) is 2. The van der Waals surface area contributed by atoms with Crippen molar-refractivity contribution in [1.82, 2.24) is 4.90 Å². The molecule has 0 radical (unpaired) electrons. The molecule has 3 rings (SSSR count). The van der Waals surface area contributed by atoms with E-state index in [-0.39, 0.29) is 23.5 Å². The predicted molar refractivity (Wildman–Crippen MR) is 89.5 cm³/mol. The predicted octanol–water partition coefficient (Wildman–Crippen LogP) is 1.77. The minimum absolute atomic E-state index is 0.0266. The number of nitrogens with zero attached hydrogens (tertiary/aromatic N) is 1. The molecule has 1 aliphatic carbocycles. The number of phenols is 1. The van der Waals surface area contributed by atoms with E-state index in [1.54, 1.807) is 23.1 Å². The van der Waals surface area contributed by atoms with Gasteiger partial charge in [-0.05, 0) is 25.0 Å². The fourth-order valence-corrected chi connectivity index (χ4v) is 3.21. The number of carbonyl (C=O) groups excluding carboxylic acids is 2. The highest BCUT2D eigenvalue weighted by Crippen LogP contribution is 2.29. The van der Waals surface area contributed by atoms with Crippen LogP contribution >= 0.6 is 0 Å². The summed E-state index contributed by atoms with van der Waals surface area (Å²) in [5.41, 5.74) is 0.534. The van der Waals surface area contributed by atoms with Crippen molar-refractivity contribution in [3.63, 3.8) is 0 Å². The Kier molecular flexibility index (Phi) is 5.15. The van der Waals surface area contributed by atoms with Crippen molar-refractivity contribution in [3.05, 3.63) is 36.4 Å². The third-order valence-electron chi connectivity index (χ3n) is 4.52. The van der Waals surface area contributed by atoms with Gasteiger partial charge < -0.3 is 20.1 Å². The number of ether oxygens (including phenoxy) is 1. The molecule has 2 unspecified atom stereocenters. The van der Waals surface area contributed by atoms with Crippen molar-refractivity contribution in [2.24, 2.45) is 11.8 Å².